The molecule has 0 radical (unpaired) electrons. The number of likely N-dealkylation sites (N-methyl/N-ethyl adjacent to an activating group) is 1. The minimum atomic E-state index is -0.289. The minimum Gasteiger partial charge on any atom is -0.496 e. The SMILES string of the molecule is CCN(CC(=O)Nc1ccc2c(c1)OCCO2)C(=O)/C=C/c1ccccc1OC. The summed E-state index contributed by atoms with van der Waals surface area (Å²) in [5, 5.41) is 2.79. The number of fused-ring (bicyclic) bond motifs is 1. The summed E-state index contributed by atoms with van der Waals surface area (Å²) in [5.74, 6) is 1.38. The summed E-state index contributed by atoms with van der Waals surface area (Å²) in [6.07, 6.45) is 3.13. The van der Waals surface area contributed by atoms with E-state index in [1.807, 2.05) is 31.2 Å². The van der Waals surface area contributed by atoms with Crippen LogP contribution in [-0.2, 0) is 9.59 Å². The van der Waals surface area contributed by atoms with Gasteiger partial charge in [-0.1, -0.05) is 18.2 Å². The van der Waals surface area contributed by atoms with Crippen LogP contribution in [-0.4, -0.2) is 50.1 Å². The Hall–Kier alpha value is -3.48. The Morgan fingerprint density at radius 3 is 2.66 bits per heavy atom. The Morgan fingerprint density at radius 2 is 1.90 bits per heavy atom. The average molecular weight is 396 g/mol. The van der Waals surface area contributed by atoms with E-state index in [0.717, 1.165) is 5.56 Å². The molecule has 0 spiro atoms. The molecule has 29 heavy (non-hydrogen) atoms. The topological polar surface area (TPSA) is 77.1 Å². The lowest BCUT2D eigenvalue weighted by atomic mass is 10.2. The van der Waals surface area contributed by atoms with Crippen molar-refractivity contribution in [3.05, 3.63) is 54.1 Å². The van der Waals surface area contributed by atoms with Gasteiger partial charge in [-0.05, 0) is 31.2 Å². The fourth-order valence-electron chi connectivity index (χ4n) is 2.91. The first-order valence-electron chi connectivity index (χ1n) is 9.40. The molecule has 3 rings (SSSR count). The summed E-state index contributed by atoms with van der Waals surface area (Å²) in [6, 6.07) is 12.6. The first-order valence-corrected chi connectivity index (χ1v) is 9.40. The molecule has 7 heteroatoms. The Balaban J connectivity index is 1.60. The molecule has 2 aromatic carbocycles. The highest BCUT2D eigenvalue weighted by Crippen LogP contribution is 2.32. The third-order valence-corrected chi connectivity index (χ3v) is 4.40. The largest absolute Gasteiger partial charge is 0.496 e. The minimum absolute atomic E-state index is 0.0555. The predicted molar refractivity (Wildman–Crippen MR) is 110 cm³/mol. The van der Waals surface area contributed by atoms with Gasteiger partial charge in [-0.15, -0.1) is 0 Å². The summed E-state index contributed by atoms with van der Waals surface area (Å²) in [7, 11) is 1.58. The van der Waals surface area contributed by atoms with Gasteiger partial charge < -0.3 is 24.4 Å². The van der Waals surface area contributed by atoms with E-state index in [2.05, 4.69) is 5.32 Å². The van der Waals surface area contributed by atoms with Gasteiger partial charge in [-0.3, -0.25) is 9.59 Å². The Kier molecular flexibility index (Phi) is 6.73. The highest BCUT2D eigenvalue weighted by Gasteiger charge is 2.16. The number of nitrogens with one attached hydrogen (secondary N) is 1. The summed E-state index contributed by atoms with van der Waals surface area (Å²) in [5.41, 5.74) is 1.38. The van der Waals surface area contributed by atoms with Gasteiger partial charge in [0.05, 0.1) is 7.11 Å². The number of carbonyl (C=O) groups excluding carboxylic acids is 2. The molecule has 0 unspecified atom stereocenters. The third-order valence-electron chi connectivity index (χ3n) is 4.40. The van der Waals surface area contributed by atoms with Crippen LogP contribution in [0.15, 0.2) is 48.5 Å². The second kappa shape index (κ2) is 9.64. The molecule has 7 nitrogen and oxygen atoms in total. The molecule has 0 fully saturated rings. The molecule has 0 aliphatic carbocycles. The number of ether oxygens (including phenoxy) is 3. The van der Waals surface area contributed by atoms with Crippen LogP contribution in [0.2, 0.25) is 0 Å². The molecule has 1 aliphatic rings. The van der Waals surface area contributed by atoms with Gasteiger partial charge >= 0.3 is 0 Å². The van der Waals surface area contributed by atoms with E-state index in [9.17, 15) is 9.59 Å². The second-order valence-corrected chi connectivity index (χ2v) is 6.33. The van der Waals surface area contributed by atoms with Crippen molar-refractivity contribution in [3.63, 3.8) is 0 Å². The number of para-hydroxylation sites is 1. The van der Waals surface area contributed by atoms with Crippen molar-refractivity contribution in [3.8, 4) is 17.2 Å². The van der Waals surface area contributed by atoms with Gasteiger partial charge in [-0.25, -0.2) is 0 Å². The van der Waals surface area contributed by atoms with Crippen LogP contribution in [0.1, 0.15) is 12.5 Å². The average Bonchev–Trinajstić information content (AvgIpc) is 2.75. The Labute approximate surface area is 169 Å². The number of benzene rings is 2. The second-order valence-electron chi connectivity index (χ2n) is 6.33. The molecule has 0 saturated heterocycles. The molecule has 2 aromatic rings. The molecular weight excluding hydrogens is 372 g/mol. The fourth-order valence-corrected chi connectivity index (χ4v) is 2.91. The van der Waals surface area contributed by atoms with Gasteiger partial charge in [0.25, 0.3) is 0 Å². The van der Waals surface area contributed by atoms with E-state index in [1.165, 1.54) is 11.0 Å². The van der Waals surface area contributed by atoms with E-state index in [4.69, 9.17) is 14.2 Å². The number of rotatable bonds is 7. The van der Waals surface area contributed by atoms with E-state index in [0.29, 0.717) is 42.7 Å². The molecule has 0 saturated carbocycles. The van der Waals surface area contributed by atoms with Crippen molar-refractivity contribution in [1.82, 2.24) is 4.90 Å². The van der Waals surface area contributed by atoms with Crippen molar-refractivity contribution in [1.29, 1.82) is 0 Å². The lowest BCUT2D eigenvalue weighted by molar-refractivity contribution is -0.130. The Morgan fingerprint density at radius 1 is 1.14 bits per heavy atom. The van der Waals surface area contributed by atoms with Crippen molar-refractivity contribution >= 4 is 23.6 Å². The number of amides is 2. The predicted octanol–water partition coefficient (Wildman–Crippen LogP) is 2.97. The van der Waals surface area contributed by atoms with Crippen LogP contribution >= 0.6 is 0 Å². The number of hydrogen-bond donors (Lipinski definition) is 1. The van der Waals surface area contributed by atoms with E-state index in [-0.39, 0.29) is 18.4 Å². The fraction of sp³-hybridized carbons (Fsp3) is 0.273. The summed E-state index contributed by atoms with van der Waals surface area (Å²) < 4.78 is 16.3. The van der Waals surface area contributed by atoms with Crippen molar-refractivity contribution in [2.75, 3.05) is 38.7 Å². The van der Waals surface area contributed by atoms with Crippen molar-refractivity contribution in [2.24, 2.45) is 0 Å². The number of methoxy groups -OCH3 is 1. The number of anilines is 1. The van der Waals surface area contributed by atoms with E-state index >= 15 is 0 Å². The standard InChI is InChI=1S/C22H24N2O5/c1-3-24(22(26)11-8-16-6-4-5-7-18(16)27-2)15-21(25)23-17-9-10-19-20(14-17)29-13-12-28-19/h4-11,14H,3,12-13,15H2,1-2H3,(H,23,25)/b11-8+. The lowest BCUT2D eigenvalue weighted by Gasteiger charge is -2.20. The Bertz CT molecular complexity index is 910. The van der Waals surface area contributed by atoms with Gasteiger partial charge in [0, 0.05) is 29.9 Å². The molecule has 1 heterocycles. The molecule has 1 aliphatic heterocycles. The lowest BCUT2D eigenvalue weighted by Crippen LogP contribution is -2.36. The number of hydrogen-bond acceptors (Lipinski definition) is 5. The zero-order chi connectivity index (χ0) is 20.6. The summed E-state index contributed by atoms with van der Waals surface area (Å²) in [6.45, 7) is 3.16. The van der Waals surface area contributed by atoms with E-state index < -0.39 is 0 Å². The zero-order valence-electron chi connectivity index (χ0n) is 16.5. The number of carbonyl (C=O) groups is 2. The summed E-state index contributed by atoms with van der Waals surface area (Å²) >= 11 is 0. The normalized spacial score (nSPS) is 12.5. The molecule has 0 atom stereocenters. The molecular formula is C22H24N2O5. The van der Waals surface area contributed by atoms with Gasteiger partial charge in [-0.2, -0.15) is 0 Å². The first-order chi connectivity index (χ1) is 14.1. The summed E-state index contributed by atoms with van der Waals surface area (Å²) in [4.78, 5) is 26.4. The third kappa shape index (κ3) is 5.28. The maximum Gasteiger partial charge on any atom is 0.247 e. The molecule has 2 amide bonds. The highest BCUT2D eigenvalue weighted by atomic mass is 16.6. The van der Waals surface area contributed by atoms with Crippen LogP contribution in [0.25, 0.3) is 6.08 Å². The number of nitrogens with zero attached hydrogens (tertiary/aromatic N) is 1. The van der Waals surface area contributed by atoms with Gasteiger partial charge in [0.2, 0.25) is 11.8 Å². The molecule has 0 aromatic heterocycles. The maximum atomic E-state index is 12.5. The first kappa shape index (κ1) is 20.3. The van der Waals surface area contributed by atoms with Crippen molar-refractivity contribution in [2.45, 2.75) is 6.92 Å². The molecule has 152 valence electrons. The zero-order valence-corrected chi connectivity index (χ0v) is 16.5. The van der Waals surface area contributed by atoms with Crippen LogP contribution in [0.5, 0.6) is 17.2 Å². The van der Waals surface area contributed by atoms with E-state index in [1.54, 1.807) is 31.4 Å². The van der Waals surface area contributed by atoms with Gasteiger partial charge in [0.1, 0.15) is 25.5 Å². The van der Waals surface area contributed by atoms with Crippen molar-refractivity contribution < 1.29 is 23.8 Å². The van der Waals surface area contributed by atoms with Gasteiger partial charge in [0.15, 0.2) is 11.5 Å². The van der Waals surface area contributed by atoms with Crippen LogP contribution in [0.3, 0.4) is 0 Å². The highest BCUT2D eigenvalue weighted by molar-refractivity contribution is 5.98. The van der Waals surface area contributed by atoms with Crippen LogP contribution in [0, 0.1) is 0 Å². The van der Waals surface area contributed by atoms with Crippen LogP contribution < -0.4 is 19.5 Å². The smallest absolute Gasteiger partial charge is 0.247 e. The molecule has 1 N–H and O–H groups in total. The van der Waals surface area contributed by atoms with Crippen LogP contribution in [0.4, 0.5) is 5.69 Å². The maximum absolute atomic E-state index is 12.5. The quantitative estimate of drug-likeness (QED) is 0.728. The molecule has 0 bridgehead atoms. The monoisotopic (exact) mass is 396 g/mol.